The van der Waals surface area contributed by atoms with Crippen LogP contribution < -0.4 is 9.47 Å². The van der Waals surface area contributed by atoms with Gasteiger partial charge < -0.3 is 9.47 Å². The topological polar surface area (TPSA) is 60.0 Å². The fourth-order valence-corrected chi connectivity index (χ4v) is 2.66. The van der Waals surface area contributed by atoms with Crippen LogP contribution in [0, 0.1) is 0 Å². The lowest BCUT2D eigenvalue weighted by Crippen LogP contribution is -2.00. The van der Waals surface area contributed by atoms with E-state index in [-0.39, 0.29) is 0 Å². The molecule has 1 aromatic heterocycles. The molecule has 0 spiro atoms. The van der Waals surface area contributed by atoms with Crippen LogP contribution in [0.5, 0.6) is 11.5 Å². The van der Waals surface area contributed by atoms with Crippen LogP contribution in [-0.4, -0.2) is 27.5 Å². The number of H-pyrrole nitrogens is 1. The van der Waals surface area contributed by atoms with Crippen molar-refractivity contribution < 1.29 is 9.47 Å². The average Bonchev–Trinajstić information content (AvgIpc) is 3.07. The van der Waals surface area contributed by atoms with E-state index in [4.69, 9.17) is 21.1 Å². The fraction of sp³-hybridized carbons (Fsp3) is 0.176. The molecule has 3 rings (SSSR count). The van der Waals surface area contributed by atoms with E-state index < -0.39 is 0 Å². The van der Waals surface area contributed by atoms with Gasteiger partial charge in [0.1, 0.15) is 18.1 Å². The number of aromatic nitrogens is 3. The lowest BCUT2D eigenvalue weighted by molar-refractivity contribution is 0.296. The van der Waals surface area contributed by atoms with Crippen LogP contribution in [0.25, 0.3) is 0 Å². The highest BCUT2D eigenvalue weighted by Gasteiger charge is 2.05. The minimum Gasteiger partial charge on any atom is -0.493 e. The summed E-state index contributed by atoms with van der Waals surface area (Å²) in [4.78, 5) is 4.38. The van der Waals surface area contributed by atoms with Crippen molar-refractivity contribution in [1.82, 2.24) is 15.2 Å². The van der Waals surface area contributed by atoms with Crippen LogP contribution >= 0.6 is 23.4 Å². The molecule has 1 heterocycles. The quantitative estimate of drug-likeness (QED) is 0.481. The van der Waals surface area contributed by atoms with E-state index in [2.05, 4.69) is 15.2 Å². The predicted molar refractivity (Wildman–Crippen MR) is 94.8 cm³/mol. The number of ether oxygens (including phenoxy) is 2. The van der Waals surface area contributed by atoms with Gasteiger partial charge in [-0.1, -0.05) is 41.6 Å². The van der Waals surface area contributed by atoms with E-state index in [0.29, 0.717) is 29.2 Å². The lowest BCUT2D eigenvalue weighted by Gasteiger charge is -2.04. The zero-order chi connectivity index (χ0) is 16.6. The summed E-state index contributed by atoms with van der Waals surface area (Å²) in [5.41, 5.74) is 0. The first kappa shape index (κ1) is 16.7. The Bertz CT molecular complexity index is 750. The van der Waals surface area contributed by atoms with Gasteiger partial charge in [0.25, 0.3) is 0 Å². The largest absolute Gasteiger partial charge is 0.493 e. The van der Waals surface area contributed by atoms with Gasteiger partial charge in [-0.05, 0) is 36.4 Å². The molecule has 0 amide bonds. The first-order valence-corrected chi connectivity index (χ1v) is 8.76. The van der Waals surface area contributed by atoms with Gasteiger partial charge in [0.05, 0.1) is 6.61 Å². The molecule has 0 saturated heterocycles. The Kier molecular flexibility index (Phi) is 5.98. The third kappa shape index (κ3) is 5.18. The second-order valence-corrected chi connectivity index (χ2v) is 6.32. The zero-order valence-electron chi connectivity index (χ0n) is 12.8. The molecular formula is C17H16ClN3O2S. The molecule has 0 aliphatic heterocycles. The van der Waals surface area contributed by atoms with Crippen LogP contribution in [0.15, 0.2) is 59.8 Å². The van der Waals surface area contributed by atoms with Gasteiger partial charge >= 0.3 is 0 Å². The number of hydrogen-bond donors (Lipinski definition) is 1. The molecule has 1 N–H and O–H groups in total. The highest BCUT2D eigenvalue weighted by molar-refractivity contribution is 7.99. The van der Waals surface area contributed by atoms with Gasteiger partial charge in [-0.2, -0.15) is 0 Å². The van der Waals surface area contributed by atoms with Crippen LogP contribution in [0.1, 0.15) is 5.82 Å². The summed E-state index contributed by atoms with van der Waals surface area (Å²) in [7, 11) is 0. The average molecular weight is 362 g/mol. The van der Waals surface area contributed by atoms with Crippen LogP contribution in [0.3, 0.4) is 0 Å². The Morgan fingerprint density at radius 2 is 1.71 bits per heavy atom. The van der Waals surface area contributed by atoms with Gasteiger partial charge in [-0.25, -0.2) is 4.98 Å². The highest BCUT2D eigenvalue weighted by Crippen LogP contribution is 2.17. The molecule has 0 unspecified atom stereocenters. The Labute approximate surface area is 149 Å². The molecule has 0 radical (unpaired) electrons. The summed E-state index contributed by atoms with van der Waals surface area (Å²) in [6.07, 6.45) is 0. The fourth-order valence-electron chi connectivity index (χ4n) is 1.90. The van der Waals surface area contributed by atoms with Crippen LogP contribution in [-0.2, 0) is 6.61 Å². The maximum Gasteiger partial charge on any atom is 0.208 e. The van der Waals surface area contributed by atoms with Gasteiger partial charge in [-0.3, -0.25) is 5.10 Å². The normalized spacial score (nSPS) is 10.5. The monoisotopic (exact) mass is 361 g/mol. The summed E-state index contributed by atoms with van der Waals surface area (Å²) in [5, 5.41) is 8.39. The maximum absolute atomic E-state index is 5.83. The SMILES string of the molecule is Clc1ccc(OCc2nc(SCCOc3ccccc3)n[nH]2)cc1. The predicted octanol–water partition coefficient (Wildman–Crippen LogP) is 4.21. The zero-order valence-corrected chi connectivity index (χ0v) is 14.4. The molecular weight excluding hydrogens is 346 g/mol. The van der Waals surface area contributed by atoms with Gasteiger partial charge in [0, 0.05) is 10.8 Å². The smallest absolute Gasteiger partial charge is 0.208 e. The minimum absolute atomic E-state index is 0.329. The molecule has 0 aliphatic rings. The number of para-hydroxylation sites is 1. The number of hydrogen-bond acceptors (Lipinski definition) is 5. The molecule has 5 nitrogen and oxygen atoms in total. The molecule has 0 atom stereocenters. The number of benzene rings is 2. The van der Waals surface area contributed by atoms with E-state index in [1.54, 1.807) is 12.1 Å². The van der Waals surface area contributed by atoms with Crippen LogP contribution in [0.2, 0.25) is 5.02 Å². The van der Waals surface area contributed by atoms with E-state index in [0.717, 1.165) is 17.3 Å². The Morgan fingerprint density at radius 3 is 2.50 bits per heavy atom. The standard InChI is InChI=1S/C17H16ClN3O2S/c18-13-6-8-15(9-7-13)23-12-16-19-17(21-20-16)24-11-10-22-14-4-2-1-3-5-14/h1-9H,10-12H2,(H,19,20,21). The molecule has 124 valence electrons. The third-order valence-corrected chi connectivity index (χ3v) is 4.09. The van der Waals surface area contributed by atoms with Crippen molar-refractivity contribution in [3.05, 3.63) is 65.4 Å². The molecule has 0 aliphatic carbocycles. The summed E-state index contributed by atoms with van der Waals surface area (Å²) >= 11 is 7.37. The number of thioether (sulfide) groups is 1. The van der Waals surface area contributed by atoms with Crippen molar-refractivity contribution in [3.8, 4) is 11.5 Å². The summed E-state index contributed by atoms with van der Waals surface area (Å²) in [6, 6.07) is 16.9. The molecule has 0 saturated carbocycles. The van der Waals surface area contributed by atoms with Crippen LogP contribution in [0.4, 0.5) is 0 Å². The lowest BCUT2D eigenvalue weighted by atomic mass is 10.3. The molecule has 24 heavy (non-hydrogen) atoms. The molecule has 0 fully saturated rings. The number of halogens is 1. The van der Waals surface area contributed by atoms with Crippen molar-refractivity contribution in [1.29, 1.82) is 0 Å². The second kappa shape index (κ2) is 8.61. The number of rotatable bonds is 8. The number of nitrogens with zero attached hydrogens (tertiary/aromatic N) is 2. The Morgan fingerprint density at radius 1 is 0.958 bits per heavy atom. The first-order chi connectivity index (χ1) is 11.8. The highest BCUT2D eigenvalue weighted by atomic mass is 35.5. The Balaban J connectivity index is 1.39. The van der Waals surface area contributed by atoms with Gasteiger partial charge in [0.15, 0.2) is 5.82 Å². The molecule has 3 aromatic rings. The summed E-state index contributed by atoms with van der Waals surface area (Å²) in [5.74, 6) is 3.05. The van der Waals surface area contributed by atoms with E-state index in [9.17, 15) is 0 Å². The first-order valence-electron chi connectivity index (χ1n) is 7.40. The van der Waals surface area contributed by atoms with Crippen molar-refractivity contribution in [2.24, 2.45) is 0 Å². The third-order valence-electron chi connectivity index (χ3n) is 3.03. The van der Waals surface area contributed by atoms with E-state index in [1.165, 1.54) is 11.8 Å². The minimum atomic E-state index is 0.329. The molecule has 2 aromatic carbocycles. The molecule has 0 bridgehead atoms. The Hall–Kier alpha value is -2.18. The van der Waals surface area contributed by atoms with E-state index >= 15 is 0 Å². The van der Waals surface area contributed by atoms with E-state index in [1.807, 2.05) is 42.5 Å². The summed E-state index contributed by atoms with van der Waals surface area (Å²) in [6.45, 7) is 0.926. The second-order valence-electron chi connectivity index (χ2n) is 4.82. The number of nitrogens with one attached hydrogen (secondary N) is 1. The van der Waals surface area contributed by atoms with Crippen molar-refractivity contribution >= 4 is 23.4 Å². The van der Waals surface area contributed by atoms with Crippen molar-refractivity contribution in [3.63, 3.8) is 0 Å². The maximum atomic E-state index is 5.83. The summed E-state index contributed by atoms with van der Waals surface area (Å²) < 4.78 is 11.2. The van der Waals surface area contributed by atoms with Gasteiger partial charge in [0.2, 0.25) is 5.16 Å². The van der Waals surface area contributed by atoms with Crippen molar-refractivity contribution in [2.75, 3.05) is 12.4 Å². The van der Waals surface area contributed by atoms with Gasteiger partial charge in [-0.15, -0.1) is 5.10 Å². The number of aromatic amines is 1. The van der Waals surface area contributed by atoms with Crippen molar-refractivity contribution in [2.45, 2.75) is 11.8 Å². The molecule has 7 heteroatoms.